The summed E-state index contributed by atoms with van der Waals surface area (Å²) in [4.78, 5) is 24.0. The fraction of sp³-hybridized carbons (Fsp3) is 0.118. The molecule has 2 rings (SSSR count). The quantitative estimate of drug-likeness (QED) is 0.584. The van der Waals surface area contributed by atoms with E-state index in [1.807, 2.05) is 32.0 Å². The van der Waals surface area contributed by atoms with Crippen LogP contribution in [0, 0.1) is 13.8 Å². The van der Waals surface area contributed by atoms with E-state index >= 15 is 0 Å². The predicted octanol–water partition coefficient (Wildman–Crippen LogP) is 2.25. The number of hydrogen-bond donors (Lipinski definition) is 3. The fourth-order valence-electron chi connectivity index (χ4n) is 2.00. The first-order valence-electron chi connectivity index (χ1n) is 7.01. The summed E-state index contributed by atoms with van der Waals surface area (Å²) in [5, 5.41) is 2.55. The molecule has 0 aliphatic rings. The molecule has 118 valence electrons. The van der Waals surface area contributed by atoms with Gasteiger partial charge in [-0.3, -0.25) is 25.8 Å². The Labute approximate surface area is 140 Å². The second-order valence-electron chi connectivity index (χ2n) is 5.05. The molecule has 2 aromatic carbocycles. The molecule has 2 aromatic rings. The minimum absolute atomic E-state index is 0.0271. The lowest BCUT2D eigenvalue weighted by molar-refractivity contribution is 0.0934. The van der Waals surface area contributed by atoms with Crippen molar-refractivity contribution in [1.82, 2.24) is 16.2 Å². The van der Waals surface area contributed by atoms with Crippen molar-refractivity contribution in [2.24, 2.45) is 0 Å². The molecule has 0 saturated carbocycles. The Morgan fingerprint density at radius 1 is 0.913 bits per heavy atom. The third-order valence-electron chi connectivity index (χ3n) is 3.19. The van der Waals surface area contributed by atoms with Gasteiger partial charge in [-0.1, -0.05) is 35.9 Å². The second kappa shape index (κ2) is 7.51. The van der Waals surface area contributed by atoms with Crippen molar-refractivity contribution in [3.8, 4) is 0 Å². The van der Waals surface area contributed by atoms with E-state index in [9.17, 15) is 9.59 Å². The lowest BCUT2D eigenvalue weighted by Crippen LogP contribution is -2.48. The third-order valence-corrected chi connectivity index (χ3v) is 3.39. The molecule has 5 nitrogen and oxygen atoms in total. The van der Waals surface area contributed by atoms with Gasteiger partial charge in [-0.25, -0.2) is 0 Å². The van der Waals surface area contributed by atoms with E-state index in [2.05, 4.69) is 16.2 Å². The molecule has 0 saturated heterocycles. The third kappa shape index (κ3) is 4.62. The Kier molecular flexibility index (Phi) is 5.43. The van der Waals surface area contributed by atoms with Crippen molar-refractivity contribution in [2.45, 2.75) is 13.8 Å². The van der Waals surface area contributed by atoms with E-state index in [1.165, 1.54) is 0 Å². The molecule has 6 heteroatoms. The van der Waals surface area contributed by atoms with Crippen LogP contribution in [0.25, 0.3) is 0 Å². The first-order chi connectivity index (χ1) is 11.0. The highest BCUT2D eigenvalue weighted by molar-refractivity contribution is 7.80. The summed E-state index contributed by atoms with van der Waals surface area (Å²) < 4.78 is 0. The molecule has 0 aliphatic heterocycles. The van der Waals surface area contributed by atoms with Crippen LogP contribution < -0.4 is 16.2 Å². The van der Waals surface area contributed by atoms with E-state index in [-0.39, 0.29) is 16.9 Å². The minimum Gasteiger partial charge on any atom is -0.298 e. The second-order valence-corrected chi connectivity index (χ2v) is 5.46. The number of amides is 2. The van der Waals surface area contributed by atoms with Crippen molar-refractivity contribution in [3.63, 3.8) is 0 Å². The molecule has 2 amide bonds. The lowest BCUT2D eigenvalue weighted by Gasteiger charge is -2.12. The number of rotatable bonds is 2. The summed E-state index contributed by atoms with van der Waals surface area (Å²) in [6, 6.07) is 14.3. The SMILES string of the molecule is Cc1cccc(C(=O)NNC(=S)NC(=O)c2ccccc2C)c1. The Morgan fingerprint density at radius 3 is 2.35 bits per heavy atom. The molecule has 0 fully saturated rings. The lowest BCUT2D eigenvalue weighted by atomic mass is 10.1. The Morgan fingerprint density at radius 2 is 1.65 bits per heavy atom. The van der Waals surface area contributed by atoms with Crippen LogP contribution in [0.3, 0.4) is 0 Å². The normalized spacial score (nSPS) is 9.83. The van der Waals surface area contributed by atoms with Gasteiger partial charge in [0.15, 0.2) is 5.11 Å². The maximum atomic E-state index is 12.1. The van der Waals surface area contributed by atoms with Crippen molar-refractivity contribution >= 4 is 29.1 Å². The summed E-state index contributed by atoms with van der Waals surface area (Å²) in [6.45, 7) is 3.74. The van der Waals surface area contributed by atoms with E-state index < -0.39 is 0 Å². The van der Waals surface area contributed by atoms with E-state index in [1.54, 1.807) is 30.3 Å². The van der Waals surface area contributed by atoms with E-state index in [0.717, 1.165) is 11.1 Å². The van der Waals surface area contributed by atoms with Crippen molar-refractivity contribution in [3.05, 3.63) is 70.8 Å². The first-order valence-corrected chi connectivity index (χ1v) is 7.42. The minimum atomic E-state index is -0.332. The van der Waals surface area contributed by atoms with Crippen LogP contribution >= 0.6 is 12.2 Å². The van der Waals surface area contributed by atoms with Gasteiger partial charge >= 0.3 is 0 Å². The van der Waals surface area contributed by atoms with Crippen LogP contribution in [-0.2, 0) is 0 Å². The van der Waals surface area contributed by atoms with Crippen LogP contribution in [0.5, 0.6) is 0 Å². The van der Waals surface area contributed by atoms with Crippen LogP contribution in [0.1, 0.15) is 31.8 Å². The van der Waals surface area contributed by atoms with Gasteiger partial charge in [0.2, 0.25) is 0 Å². The summed E-state index contributed by atoms with van der Waals surface area (Å²) in [6.07, 6.45) is 0. The van der Waals surface area contributed by atoms with Crippen molar-refractivity contribution in [2.75, 3.05) is 0 Å². The zero-order chi connectivity index (χ0) is 16.8. The zero-order valence-electron chi connectivity index (χ0n) is 12.8. The van der Waals surface area contributed by atoms with Gasteiger partial charge < -0.3 is 0 Å². The summed E-state index contributed by atoms with van der Waals surface area (Å²) in [7, 11) is 0. The largest absolute Gasteiger partial charge is 0.298 e. The number of thiocarbonyl (C=S) groups is 1. The van der Waals surface area contributed by atoms with Crippen molar-refractivity contribution in [1.29, 1.82) is 0 Å². The molecule has 0 radical (unpaired) electrons. The molecule has 23 heavy (non-hydrogen) atoms. The fourth-order valence-corrected chi connectivity index (χ4v) is 2.15. The predicted molar refractivity (Wildman–Crippen MR) is 93.0 cm³/mol. The smallest absolute Gasteiger partial charge is 0.269 e. The van der Waals surface area contributed by atoms with Gasteiger partial charge in [-0.15, -0.1) is 0 Å². The molecule has 0 bridgehead atoms. The van der Waals surface area contributed by atoms with E-state index in [0.29, 0.717) is 11.1 Å². The number of carbonyl (C=O) groups is 2. The Hall–Kier alpha value is -2.73. The van der Waals surface area contributed by atoms with Crippen LogP contribution in [0.4, 0.5) is 0 Å². The number of nitrogens with one attached hydrogen (secondary N) is 3. The zero-order valence-corrected chi connectivity index (χ0v) is 13.7. The highest BCUT2D eigenvalue weighted by atomic mass is 32.1. The van der Waals surface area contributed by atoms with Gasteiger partial charge in [0.25, 0.3) is 11.8 Å². The first kappa shape index (κ1) is 16.6. The summed E-state index contributed by atoms with van der Waals surface area (Å²) in [5.41, 5.74) is 7.83. The molecular weight excluding hydrogens is 310 g/mol. The molecule has 0 aromatic heterocycles. The Balaban J connectivity index is 1.89. The molecule has 0 atom stereocenters. The van der Waals surface area contributed by atoms with Gasteiger partial charge in [0.1, 0.15) is 0 Å². The molecular formula is C17H17N3O2S. The van der Waals surface area contributed by atoms with Gasteiger partial charge in [-0.2, -0.15) is 0 Å². The molecule has 0 unspecified atom stereocenters. The monoisotopic (exact) mass is 327 g/mol. The molecule has 0 spiro atoms. The standard InChI is InChI=1S/C17H17N3O2S/c1-11-6-5-8-13(10-11)15(21)19-20-17(23)18-16(22)14-9-4-3-7-12(14)2/h3-10H,1-2H3,(H,19,21)(H2,18,20,22,23). The highest BCUT2D eigenvalue weighted by Gasteiger charge is 2.11. The summed E-state index contributed by atoms with van der Waals surface area (Å²) >= 11 is 5.01. The summed E-state index contributed by atoms with van der Waals surface area (Å²) in [5.74, 6) is -0.661. The number of benzene rings is 2. The molecule has 3 N–H and O–H groups in total. The van der Waals surface area contributed by atoms with Gasteiger partial charge in [0, 0.05) is 11.1 Å². The van der Waals surface area contributed by atoms with Gasteiger partial charge in [-0.05, 0) is 49.8 Å². The highest BCUT2D eigenvalue weighted by Crippen LogP contribution is 2.06. The average molecular weight is 327 g/mol. The topological polar surface area (TPSA) is 70.2 Å². The number of carbonyl (C=O) groups excluding carboxylic acids is 2. The van der Waals surface area contributed by atoms with Crippen LogP contribution in [-0.4, -0.2) is 16.9 Å². The maximum absolute atomic E-state index is 12.1. The van der Waals surface area contributed by atoms with Crippen molar-refractivity contribution < 1.29 is 9.59 Å². The molecule has 0 heterocycles. The van der Waals surface area contributed by atoms with Gasteiger partial charge in [0.05, 0.1) is 0 Å². The maximum Gasteiger partial charge on any atom is 0.269 e. The number of hydrazine groups is 1. The van der Waals surface area contributed by atoms with Crippen LogP contribution in [0.2, 0.25) is 0 Å². The number of hydrogen-bond acceptors (Lipinski definition) is 3. The average Bonchev–Trinajstić information content (AvgIpc) is 2.53. The van der Waals surface area contributed by atoms with Crippen LogP contribution in [0.15, 0.2) is 48.5 Å². The number of aryl methyl sites for hydroxylation is 2. The Bertz CT molecular complexity index is 759. The molecule has 0 aliphatic carbocycles. The van der Waals surface area contributed by atoms with E-state index in [4.69, 9.17) is 12.2 Å².